The molecule has 0 radical (unpaired) electrons. The molecule has 6 heteroatoms. The molecule has 0 spiro atoms. The fraction of sp³-hybridized carbons (Fsp3) is 0.950. The summed E-state index contributed by atoms with van der Waals surface area (Å²) >= 11 is 0. The molecular weight excluding hydrogens is 348 g/mol. The van der Waals surface area contributed by atoms with E-state index < -0.39 is 30.8 Å². The highest BCUT2D eigenvalue weighted by atomic mass is 19.3. The molecule has 0 saturated heterocycles. The van der Waals surface area contributed by atoms with Crippen LogP contribution in [0.1, 0.15) is 77.6 Å². The minimum Gasteiger partial charge on any atom is -0.459 e. The van der Waals surface area contributed by atoms with Crippen LogP contribution < -0.4 is 0 Å². The van der Waals surface area contributed by atoms with Gasteiger partial charge >= 0.3 is 18.3 Å². The first-order chi connectivity index (χ1) is 12.3. The summed E-state index contributed by atoms with van der Waals surface area (Å²) < 4.78 is 54.4. The van der Waals surface area contributed by atoms with Crippen LogP contribution in [0, 0.1) is 23.7 Å². The van der Waals surface area contributed by atoms with Crippen LogP contribution in [0.4, 0.5) is 17.6 Å². The molecule has 2 fully saturated rings. The Bertz CT molecular complexity index is 426. The smallest absolute Gasteiger partial charge is 0.340 e. The monoisotopic (exact) mass is 380 g/mol. The molecule has 152 valence electrons. The van der Waals surface area contributed by atoms with Gasteiger partial charge in [-0.05, 0) is 56.3 Å². The van der Waals surface area contributed by atoms with Gasteiger partial charge in [0.2, 0.25) is 0 Å². The van der Waals surface area contributed by atoms with Gasteiger partial charge in [0.15, 0.2) is 6.61 Å². The highest BCUT2D eigenvalue weighted by Gasteiger charge is 2.43. The molecular formula is C20H32F4O2. The SMILES string of the molecule is CCCC[C@H]1CC[C@H]([C@H]2CC[C@H](C(=O)OCC(F)(F)C(F)F)CC2)CC1. The standard InChI is InChI=1S/C20H32F4O2/c1-2-3-4-14-5-7-15(8-6-14)16-9-11-17(12-10-16)18(25)26-13-20(23,24)19(21)22/h14-17,19H,2-13H2,1H3/t14-,15-,16-,17-. The number of carbonyl (C=O) groups excluding carboxylic acids is 1. The van der Waals surface area contributed by atoms with Crippen molar-refractivity contribution in [1.29, 1.82) is 0 Å². The number of hydrogen-bond donors (Lipinski definition) is 0. The van der Waals surface area contributed by atoms with Crippen molar-refractivity contribution in [3.05, 3.63) is 0 Å². The molecule has 0 atom stereocenters. The first-order valence-corrected chi connectivity index (χ1v) is 10.2. The fourth-order valence-corrected chi connectivity index (χ4v) is 4.62. The third-order valence-corrected chi connectivity index (χ3v) is 6.36. The molecule has 0 N–H and O–H groups in total. The molecule has 0 unspecified atom stereocenters. The molecule has 26 heavy (non-hydrogen) atoms. The Morgan fingerprint density at radius 1 is 1.00 bits per heavy atom. The van der Waals surface area contributed by atoms with E-state index in [1.807, 2.05) is 0 Å². The third-order valence-electron chi connectivity index (χ3n) is 6.36. The van der Waals surface area contributed by atoms with Gasteiger partial charge in [0.1, 0.15) is 0 Å². The Hall–Kier alpha value is -0.810. The zero-order chi connectivity index (χ0) is 19.2. The lowest BCUT2D eigenvalue weighted by molar-refractivity contribution is -0.183. The van der Waals surface area contributed by atoms with Gasteiger partial charge in [-0.15, -0.1) is 0 Å². The largest absolute Gasteiger partial charge is 0.459 e. The Kier molecular flexibility index (Phi) is 8.21. The van der Waals surface area contributed by atoms with Crippen molar-refractivity contribution in [2.24, 2.45) is 23.7 Å². The van der Waals surface area contributed by atoms with Gasteiger partial charge in [0.05, 0.1) is 5.92 Å². The third kappa shape index (κ3) is 6.12. The Morgan fingerprint density at radius 2 is 1.54 bits per heavy atom. The minimum absolute atomic E-state index is 0.416. The number of unbranched alkanes of at least 4 members (excludes halogenated alkanes) is 1. The average molecular weight is 380 g/mol. The lowest BCUT2D eigenvalue weighted by Gasteiger charge is -2.37. The summed E-state index contributed by atoms with van der Waals surface area (Å²) in [5.41, 5.74) is 0. The second kappa shape index (κ2) is 9.93. The molecule has 0 aromatic rings. The van der Waals surface area contributed by atoms with E-state index in [0.717, 1.165) is 18.8 Å². The molecule has 0 bridgehead atoms. The molecule has 2 rings (SSSR count). The predicted molar refractivity (Wildman–Crippen MR) is 92.3 cm³/mol. The van der Waals surface area contributed by atoms with Crippen molar-refractivity contribution in [2.75, 3.05) is 6.61 Å². The van der Waals surface area contributed by atoms with E-state index in [4.69, 9.17) is 0 Å². The van der Waals surface area contributed by atoms with Crippen LogP contribution in [-0.4, -0.2) is 24.9 Å². The van der Waals surface area contributed by atoms with Gasteiger partial charge in [0.25, 0.3) is 0 Å². The van der Waals surface area contributed by atoms with E-state index in [0.29, 0.717) is 24.7 Å². The minimum atomic E-state index is -4.26. The molecule has 0 aromatic heterocycles. The highest BCUT2D eigenvalue weighted by molar-refractivity contribution is 5.72. The maximum absolute atomic E-state index is 12.9. The van der Waals surface area contributed by atoms with Gasteiger partial charge in [0, 0.05) is 0 Å². The Morgan fingerprint density at radius 3 is 2.04 bits per heavy atom. The van der Waals surface area contributed by atoms with Crippen molar-refractivity contribution in [3.8, 4) is 0 Å². The highest BCUT2D eigenvalue weighted by Crippen LogP contribution is 2.42. The van der Waals surface area contributed by atoms with Gasteiger partial charge in [-0.25, -0.2) is 8.78 Å². The Labute approximate surface area is 154 Å². The number of esters is 1. The zero-order valence-corrected chi connectivity index (χ0v) is 15.7. The lowest BCUT2D eigenvalue weighted by atomic mass is 9.68. The summed E-state index contributed by atoms with van der Waals surface area (Å²) in [6.07, 6.45) is 8.29. The molecule has 2 saturated carbocycles. The average Bonchev–Trinajstić information content (AvgIpc) is 2.65. The summed E-state index contributed by atoms with van der Waals surface area (Å²) in [7, 11) is 0. The zero-order valence-electron chi connectivity index (χ0n) is 15.7. The Balaban J connectivity index is 1.68. The number of rotatable bonds is 8. The van der Waals surface area contributed by atoms with Crippen molar-refractivity contribution >= 4 is 5.97 Å². The van der Waals surface area contributed by atoms with E-state index in [1.54, 1.807) is 0 Å². The maximum Gasteiger partial charge on any atom is 0.340 e. The summed E-state index contributed by atoms with van der Waals surface area (Å²) in [6, 6.07) is 0. The number of ether oxygens (including phenoxy) is 1. The molecule has 2 aliphatic rings. The van der Waals surface area contributed by atoms with Crippen LogP contribution in [0.15, 0.2) is 0 Å². The molecule has 0 amide bonds. The topological polar surface area (TPSA) is 26.3 Å². The predicted octanol–water partition coefficient (Wildman–Crippen LogP) is 6.23. The van der Waals surface area contributed by atoms with Crippen LogP contribution in [0.2, 0.25) is 0 Å². The molecule has 2 nitrogen and oxygen atoms in total. The number of hydrogen-bond acceptors (Lipinski definition) is 2. The van der Waals surface area contributed by atoms with Crippen LogP contribution in [0.3, 0.4) is 0 Å². The van der Waals surface area contributed by atoms with E-state index in [-0.39, 0.29) is 0 Å². The summed E-state index contributed by atoms with van der Waals surface area (Å²) in [5, 5.41) is 0. The van der Waals surface area contributed by atoms with Gasteiger partial charge in [-0.2, -0.15) is 8.78 Å². The van der Waals surface area contributed by atoms with Crippen LogP contribution >= 0.6 is 0 Å². The number of carbonyl (C=O) groups is 1. The molecule has 0 aromatic carbocycles. The summed E-state index contributed by atoms with van der Waals surface area (Å²) in [6.45, 7) is 0.703. The summed E-state index contributed by atoms with van der Waals surface area (Å²) in [4.78, 5) is 11.9. The van der Waals surface area contributed by atoms with Gasteiger partial charge < -0.3 is 4.74 Å². The van der Waals surface area contributed by atoms with Crippen LogP contribution in [0.25, 0.3) is 0 Å². The molecule has 0 heterocycles. The summed E-state index contributed by atoms with van der Waals surface area (Å²) in [5.74, 6) is -3.23. The van der Waals surface area contributed by atoms with Crippen molar-refractivity contribution < 1.29 is 27.1 Å². The number of halogens is 4. The van der Waals surface area contributed by atoms with E-state index in [1.165, 1.54) is 44.9 Å². The van der Waals surface area contributed by atoms with E-state index in [2.05, 4.69) is 11.7 Å². The first-order valence-electron chi connectivity index (χ1n) is 10.2. The lowest BCUT2D eigenvalue weighted by Crippen LogP contribution is -2.35. The normalized spacial score (nSPS) is 30.4. The maximum atomic E-state index is 12.9. The van der Waals surface area contributed by atoms with E-state index >= 15 is 0 Å². The second-order valence-electron chi connectivity index (χ2n) is 8.20. The quantitative estimate of drug-likeness (QED) is 0.368. The first kappa shape index (κ1) is 21.5. The number of alkyl halides is 4. The van der Waals surface area contributed by atoms with Crippen molar-refractivity contribution in [3.63, 3.8) is 0 Å². The van der Waals surface area contributed by atoms with E-state index in [9.17, 15) is 22.4 Å². The fourth-order valence-electron chi connectivity index (χ4n) is 4.62. The van der Waals surface area contributed by atoms with Crippen molar-refractivity contribution in [1.82, 2.24) is 0 Å². The van der Waals surface area contributed by atoms with Crippen molar-refractivity contribution in [2.45, 2.75) is 89.9 Å². The van der Waals surface area contributed by atoms with Gasteiger partial charge in [-0.1, -0.05) is 39.0 Å². The van der Waals surface area contributed by atoms with Crippen LogP contribution in [-0.2, 0) is 9.53 Å². The van der Waals surface area contributed by atoms with Crippen LogP contribution in [0.5, 0.6) is 0 Å². The molecule has 0 aliphatic heterocycles. The van der Waals surface area contributed by atoms with Gasteiger partial charge in [-0.3, -0.25) is 4.79 Å². The molecule has 2 aliphatic carbocycles. The second-order valence-corrected chi connectivity index (χ2v) is 8.20.